The van der Waals surface area contributed by atoms with Gasteiger partial charge in [-0.2, -0.15) is 0 Å². The zero-order valence-electron chi connectivity index (χ0n) is 15.3. The van der Waals surface area contributed by atoms with Gasteiger partial charge < -0.3 is 15.2 Å². The SMILES string of the molecule is S=C(NCCC1C=CCCC1)N1CCC(c2nc3ccccc3[nH]2)CC1. The molecule has 26 heavy (non-hydrogen) atoms. The molecular formula is C21H28N4S. The van der Waals surface area contributed by atoms with Gasteiger partial charge in [0.05, 0.1) is 11.0 Å². The van der Waals surface area contributed by atoms with Crippen LogP contribution in [-0.2, 0) is 0 Å². The molecule has 1 saturated heterocycles. The molecule has 0 amide bonds. The third-order valence-corrected chi connectivity index (χ3v) is 6.12. The molecule has 0 spiro atoms. The van der Waals surface area contributed by atoms with E-state index >= 15 is 0 Å². The lowest BCUT2D eigenvalue weighted by Gasteiger charge is -2.33. The van der Waals surface area contributed by atoms with E-state index < -0.39 is 0 Å². The number of benzene rings is 1. The fraction of sp³-hybridized carbons (Fsp3) is 0.524. The van der Waals surface area contributed by atoms with Gasteiger partial charge in [-0.3, -0.25) is 0 Å². The summed E-state index contributed by atoms with van der Waals surface area (Å²) in [6.07, 6.45) is 12.0. The lowest BCUT2D eigenvalue weighted by molar-refractivity contribution is 0.304. The minimum atomic E-state index is 0.508. The van der Waals surface area contributed by atoms with Gasteiger partial charge in [-0.05, 0) is 68.8 Å². The summed E-state index contributed by atoms with van der Waals surface area (Å²) in [4.78, 5) is 10.6. The molecule has 1 aliphatic carbocycles. The highest BCUT2D eigenvalue weighted by Crippen LogP contribution is 2.27. The molecule has 1 aliphatic heterocycles. The minimum absolute atomic E-state index is 0.508. The van der Waals surface area contributed by atoms with Crippen molar-refractivity contribution in [3.05, 3.63) is 42.2 Å². The molecule has 1 unspecified atom stereocenters. The van der Waals surface area contributed by atoms with E-state index in [4.69, 9.17) is 17.2 Å². The van der Waals surface area contributed by atoms with Gasteiger partial charge in [0, 0.05) is 25.6 Å². The molecule has 1 fully saturated rings. The molecule has 138 valence electrons. The molecule has 1 atom stereocenters. The number of rotatable bonds is 4. The summed E-state index contributed by atoms with van der Waals surface area (Å²) in [5, 5.41) is 4.40. The first-order valence-corrected chi connectivity index (χ1v) is 10.3. The summed E-state index contributed by atoms with van der Waals surface area (Å²) in [5.41, 5.74) is 2.21. The van der Waals surface area contributed by atoms with Gasteiger partial charge in [0.15, 0.2) is 5.11 Å². The molecule has 0 radical (unpaired) electrons. The van der Waals surface area contributed by atoms with Gasteiger partial charge in [-0.15, -0.1) is 0 Å². The summed E-state index contributed by atoms with van der Waals surface area (Å²) >= 11 is 5.62. The number of hydrogen-bond acceptors (Lipinski definition) is 2. The molecule has 1 aromatic carbocycles. The number of para-hydroxylation sites is 2. The molecule has 4 nitrogen and oxygen atoms in total. The van der Waals surface area contributed by atoms with Gasteiger partial charge in [0.2, 0.25) is 0 Å². The minimum Gasteiger partial charge on any atom is -0.363 e. The summed E-state index contributed by atoms with van der Waals surface area (Å²) < 4.78 is 0. The van der Waals surface area contributed by atoms with Crippen molar-refractivity contribution in [2.75, 3.05) is 19.6 Å². The zero-order chi connectivity index (χ0) is 17.8. The summed E-state index contributed by atoms with van der Waals surface area (Å²) in [7, 11) is 0. The van der Waals surface area contributed by atoms with E-state index in [1.54, 1.807) is 0 Å². The van der Waals surface area contributed by atoms with E-state index in [-0.39, 0.29) is 0 Å². The molecule has 5 heteroatoms. The number of aromatic amines is 1. The van der Waals surface area contributed by atoms with Crippen molar-refractivity contribution in [1.29, 1.82) is 0 Å². The van der Waals surface area contributed by atoms with Gasteiger partial charge in [0.25, 0.3) is 0 Å². The number of nitrogens with one attached hydrogen (secondary N) is 2. The number of nitrogens with zero attached hydrogens (tertiary/aromatic N) is 2. The second-order valence-electron chi connectivity index (χ2n) is 7.54. The first-order valence-electron chi connectivity index (χ1n) is 9.93. The van der Waals surface area contributed by atoms with Crippen molar-refractivity contribution in [2.45, 2.75) is 44.4 Å². The number of fused-ring (bicyclic) bond motifs is 1. The van der Waals surface area contributed by atoms with Crippen molar-refractivity contribution >= 4 is 28.4 Å². The van der Waals surface area contributed by atoms with Crippen LogP contribution in [0.5, 0.6) is 0 Å². The van der Waals surface area contributed by atoms with Crippen molar-refractivity contribution in [1.82, 2.24) is 20.2 Å². The Morgan fingerprint density at radius 1 is 1.23 bits per heavy atom. The Morgan fingerprint density at radius 3 is 2.85 bits per heavy atom. The van der Waals surface area contributed by atoms with E-state index in [1.807, 2.05) is 6.07 Å². The Morgan fingerprint density at radius 2 is 2.08 bits per heavy atom. The van der Waals surface area contributed by atoms with Crippen LogP contribution in [0.15, 0.2) is 36.4 Å². The summed E-state index contributed by atoms with van der Waals surface area (Å²) in [6.45, 7) is 3.01. The van der Waals surface area contributed by atoms with Crippen LogP contribution in [0.4, 0.5) is 0 Å². The van der Waals surface area contributed by atoms with Crippen molar-refractivity contribution in [3.8, 4) is 0 Å². The molecule has 2 heterocycles. The number of likely N-dealkylation sites (tertiary alicyclic amines) is 1. The standard InChI is InChI=1S/C21H28N4S/c26-21(22-13-10-16-6-2-1-3-7-16)25-14-11-17(12-15-25)20-23-18-8-4-5-9-19(18)24-20/h2,4-6,8-9,16-17H,1,3,7,10-15H2,(H,22,26)(H,23,24). The topological polar surface area (TPSA) is 44.0 Å². The van der Waals surface area contributed by atoms with Gasteiger partial charge in [-0.25, -0.2) is 4.98 Å². The second-order valence-corrected chi connectivity index (χ2v) is 7.93. The number of H-pyrrole nitrogens is 1. The van der Waals surface area contributed by atoms with Crippen LogP contribution in [0.1, 0.15) is 50.3 Å². The molecule has 0 bridgehead atoms. The fourth-order valence-corrected chi connectivity index (χ4v) is 4.41. The highest BCUT2D eigenvalue weighted by atomic mass is 32.1. The largest absolute Gasteiger partial charge is 0.363 e. The summed E-state index contributed by atoms with van der Waals surface area (Å²) in [6, 6.07) is 8.27. The molecule has 2 N–H and O–H groups in total. The maximum atomic E-state index is 5.62. The number of allylic oxidation sites excluding steroid dienone is 2. The lowest BCUT2D eigenvalue weighted by atomic mass is 9.93. The average Bonchev–Trinajstić information content (AvgIpc) is 3.13. The maximum absolute atomic E-state index is 5.62. The number of imidazole rings is 1. The Balaban J connectivity index is 1.24. The highest BCUT2D eigenvalue weighted by molar-refractivity contribution is 7.80. The van der Waals surface area contributed by atoms with E-state index in [9.17, 15) is 0 Å². The van der Waals surface area contributed by atoms with Crippen LogP contribution >= 0.6 is 12.2 Å². The third kappa shape index (κ3) is 4.09. The van der Waals surface area contributed by atoms with Crippen LogP contribution in [-0.4, -0.2) is 39.6 Å². The monoisotopic (exact) mass is 368 g/mol. The Labute approximate surface area is 161 Å². The van der Waals surface area contributed by atoms with Crippen LogP contribution in [0, 0.1) is 5.92 Å². The Bertz CT molecular complexity index is 740. The predicted octanol–water partition coefficient (Wildman–Crippen LogP) is 4.36. The van der Waals surface area contributed by atoms with Crippen LogP contribution in [0.25, 0.3) is 11.0 Å². The van der Waals surface area contributed by atoms with Gasteiger partial charge >= 0.3 is 0 Å². The number of thiocarbonyl (C=S) groups is 1. The number of aromatic nitrogens is 2. The normalized spacial score (nSPS) is 21.2. The molecule has 0 saturated carbocycles. The van der Waals surface area contributed by atoms with Crippen molar-refractivity contribution in [2.24, 2.45) is 5.92 Å². The fourth-order valence-electron chi connectivity index (χ4n) is 4.12. The molecule has 1 aromatic heterocycles. The summed E-state index contributed by atoms with van der Waals surface area (Å²) in [5.74, 6) is 2.38. The zero-order valence-corrected chi connectivity index (χ0v) is 16.1. The van der Waals surface area contributed by atoms with Crippen molar-refractivity contribution in [3.63, 3.8) is 0 Å². The first-order chi connectivity index (χ1) is 12.8. The van der Waals surface area contributed by atoms with Crippen LogP contribution in [0.2, 0.25) is 0 Å². The smallest absolute Gasteiger partial charge is 0.168 e. The Kier molecular flexibility index (Phi) is 5.54. The highest BCUT2D eigenvalue weighted by Gasteiger charge is 2.24. The molecular weight excluding hydrogens is 340 g/mol. The second kappa shape index (κ2) is 8.21. The van der Waals surface area contributed by atoms with E-state index in [1.165, 1.54) is 25.7 Å². The quantitative estimate of drug-likeness (QED) is 0.621. The molecule has 4 rings (SSSR count). The van der Waals surface area contributed by atoms with E-state index in [0.29, 0.717) is 5.92 Å². The first kappa shape index (κ1) is 17.5. The van der Waals surface area contributed by atoms with Crippen molar-refractivity contribution < 1.29 is 0 Å². The maximum Gasteiger partial charge on any atom is 0.168 e. The predicted molar refractivity (Wildman–Crippen MR) is 111 cm³/mol. The molecule has 2 aromatic rings. The number of piperidine rings is 1. The van der Waals surface area contributed by atoms with Crippen LogP contribution in [0.3, 0.4) is 0 Å². The van der Waals surface area contributed by atoms with E-state index in [0.717, 1.165) is 60.4 Å². The third-order valence-electron chi connectivity index (χ3n) is 5.72. The average molecular weight is 369 g/mol. The Hall–Kier alpha value is -1.88. The number of hydrogen-bond donors (Lipinski definition) is 2. The molecule has 2 aliphatic rings. The van der Waals surface area contributed by atoms with E-state index in [2.05, 4.69) is 45.6 Å². The lowest BCUT2D eigenvalue weighted by Crippen LogP contribution is -2.44. The van der Waals surface area contributed by atoms with Gasteiger partial charge in [0.1, 0.15) is 5.82 Å². The van der Waals surface area contributed by atoms with Gasteiger partial charge in [-0.1, -0.05) is 24.3 Å². The van der Waals surface area contributed by atoms with Crippen LogP contribution < -0.4 is 5.32 Å².